The molecule has 26 heavy (non-hydrogen) atoms. The highest BCUT2D eigenvalue weighted by atomic mass is 16.5. The van der Waals surface area contributed by atoms with E-state index in [9.17, 15) is 9.59 Å². The quantitative estimate of drug-likeness (QED) is 0.571. The number of allylic oxidation sites excluding steroid dienone is 1. The number of nitrogens with zero attached hydrogens (tertiary/aromatic N) is 1. The van der Waals surface area contributed by atoms with E-state index in [1.807, 2.05) is 19.9 Å². The standard InChI is InChI=1S/C21H29NO4/c1-12(2)19-18(20(24)25-5)16(13-6-8-26-9-7-13)17-14(22-19)10-21(3,4)11-15(17)23/h6,12,16-17H,7-11H2,1-5H3. The molecule has 2 aliphatic heterocycles. The third-order valence-corrected chi connectivity index (χ3v) is 5.55. The molecule has 1 saturated carbocycles. The molecule has 0 amide bonds. The number of carbonyl (C=O) groups is 2. The van der Waals surface area contributed by atoms with Crippen molar-refractivity contribution >= 4 is 17.5 Å². The van der Waals surface area contributed by atoms with Crippen molar-refractivity contribution in [2.45, 2.75) is 47.0 Å². The topological polar surface area (TPSA) is 65.0 Å². The van der Waals surface area contributed by atoms with Gasteiger partial charge in [-0.25, -0.2) is 4.79 Å². The Balaban J connectivity index is 2.19. The summed E-state index contributed by atoms with van der Waals surface area (Å²) in [5.41, 5.74) is 3.29. The number of Topliss-reactive ketones (excluding diaryl/α,β-unsaturated/α-hetero) is 1. The zero-order valence-corrected chi connectivity index (χ0v) is 16.4. The number of ether oxygens (including phenoxy) is 2. The SMILES string of the molecule is COC(=O)C1=C(C(C)C)N=C2CC(C)(C)CC(=O)C2C1C1=CCOCC1. The largest absolute Gasteiger partial charge is 0.466 e. The summed E-state index contributed by atoms with van der Waals surface area (Å²) in [6.45, 7) is 9.44. The summed E-state index contributed by atoms with van der Waals surface area (Å²) in [5, 5.41) is 0. The van der Waals surface area contributed by atoms with Crippen molar-refractivity contribution in [2.24, 2.45) is 28.2 Å². The number of carbonyl (C=O) groups excluding carboxylic acids is 2. The van der Waals surface area contributed by atoms with Crippen LogP contribution in [0, 0.1) is 23.2 Å². The lowest BCUT2D eigenvalue weighted by atomic mass is 9.62. The molecule has 1 fully saturated rings. The first-order chi connectivity index (χ1) is 12.2. The fourth-order valence-corrected chi connectivity index (χ4v) is 4.46. The lowest BCUT2D eigenvalue weighted by Crippen LogP contribution is -2.46. The second-order valence-corrected chi connectivity index (χ2v) is 8.59. The average Bonchev–Trinajstić information content (AvgIpc) is 2.59. The zero-order valence-electron chi connectivity index (χ0n) is 16.4. The first-order valence-electron chi connectivity index (χ1n) is 9.44. The molecule has 3 aliphatic rings. The van der Waals surface area contributed by atoms with Gasteiger partial charge in [-0.3, -0.25) is 9.79 Å². The minimum Gasteiger partial charge on any atom is -0.466 e. The molecule has 0 aromatic rings. The van der Waals surface area contributed by atoms with Crippen LogP contribution in [0.2, 0.25) is 0 Å². The van der Waals surface area contributed by atoms with E-state index in [1.165, 1.54) is 7.11 Å². The molecular formula is C21H29NO4. The molecule has 2 atom stereocenters. The van der Waals surface area contributed by atoms with Crippen molar-refractivity contribution in [1.29, 1.82) is 0 Å². The van der Waals surface area contributed by atoms with Gasteiger partial charge in [0.2, 0.25) is 0 Å². The van der Waals surface area contributed by atoms with E-state index in [0.29, 0.717) is 25.2 Å². The Kier molecular flexibility index (Phi) is 5.20. The van der Waals surface area contributed by atoms with Crippen molar-refractivity contribution in [3.05, 3.63) is 22.9 Å². The predicted octanol–water partition coefficient (Wildman–Crippen LogP) is 3.49. The van der Waals surface area contributed by atoms with Crippen LogP contribution in [0.3, 0.4) is 0 Å². The van der Waals surface area contributed by atoms with E-state index in [2.05, 4.69) is 13.8 Å². The second kappa shape index (κ2) is 7.10. The van der Waals surface area contributed by atoms with Gasteiger partial charge >= 0.3 is 5.97 Å². The number of hydrogen-bond acceptors (Lipinski definition) is 5. The summed E-state index contributed by atoms with van der Waals surface area (Å²) in [6.07, 6.45) is 4.07. The Morgan fingerprint density at radius 1 is 1.31 bits per heavy atom. The van der Waals surface area contributed by atoms with Crippen molar-refractivity contribution in [2.75, 3.05) is 20.3 Å². The number of ketones is 1. The van der Waals surface area contributed by atoms with E-state index in [4.69, 9.17) is 14.5 Å². The third kappa shape index (κ3) is 3.41. The fourth-order valence-electron chi connectivity index (χ4n) is 4.46. The maximum atomic E-state index is 13.1. The smallest absolute Gasteiger partial charge is 0.336 e. The van der Waals surface area contributed by atoms with Gasteiger partial charge in [0.1, 0.15) is 5.78 Å². The minimum absolute atomic E-state index is 0.0839. The molecule has 5 nitrogen and oxygen atoms in total. The third-order valence-electron chi connectivity index (χ3n) is 5.55. The Labute approximate surface area is 155 Å². The van der Waals surface area contributed by atoms with Crippen molar-refractivity contribution in [3.63, 3.8) is 0 Å². The molecule has 0 radical (unpaired) electrons. The van der Waals surface area contributed by atoms with Gasteiger partial charge in [0.15, 0.2) is 0 Å². The Hall–Kier alpha value is -1.75. The molecule has 2 unspecified atom stereocenters. The lowest BCUT2D eigenvalue weighted by molar-refractivity contribution is -0.137. The molecule has 0 aromatic heterocycles. The molecule has 0 aromatic carbocycles. The molecule has 0 N–H and O–H groups in total. The van der Waals surface area contributed by atoms with Crippen LogP contribution >= 0.6 is 0 Å². The van der Waals surface area contributed by atoms with Crippen LogP contribution in [-0.4, -0.2) is 37.8 Å². The Morgan fingerprint density at radius 3 is 2.62 bits per heavy atom. The molecule has 0 spiro atoms. The highest BCUT2D eigenvalue weighted by molar-refractivity contribution is 6.11. The fraction of sp³-hybridized carbons (Fsp3) is 0.667. The van der Waals surface area contributed by atoms with Crippen LogP contribution in [0.25, 0.3) is 0 Å². The molecule has 142 valence electrons. The van der Waals surface area contributed by atoms with Crippen LogP contribution in [-0.2, 0) is 19.1 Å². The molecule has 0 saturated heterocycles. The van der Waals surface area contributed by atoms with Gasteiger partial charge in [-0.05, 0) is 24.2 Å². The van der Waals surface area contributed by atoms with Gasteiger partial charge in [-0.15, -0.1) is 0 Å². The highest BCUT2D eigenvalue weighted by Gasteiger charge is 2.48. The van der Waals surface area contributed by atoms with E-state index in [-0.39, 0.29) is 34.9 Å². The van der Waals surface area contributed by atoms with Gasteiger partial charge < -0.3 is 9.47 Å². The van der Waals surface area contributed by atoms with Crippen molar-refractivity contribution in [3.8, 4) is 0 Å². The van der Waals surface area contributed by atoms with Gasteiger partial charge in [-0.1, -0.05) is 39.3 Å². The first kappa shape index (κ1) is 19.0. The van der Waals surface area contributed by atoms with Gasteiger partial charge in [0.25, 0.3) is 0 Å². The maximum absolute atomic E-state index is 13.1. The van der Waals surface area contributed by atoms with E-state index < -0.39 is 0 Å². The summed E-state index contributed by atoms with van der Waals surface area (Å²) in [4.78, 5) is 30.7. The van der Waals surface area contributed by atoms with Crippen LogP contribution in [0.4, 0.5) is 0 Å². The number of methoxy groups -OCH3 is 1. The first-order valence-corrected chi connectivity index (χ1v) is 9.44. The molecule has 2 heterocycles. The van der Waals surface area contributed by atoms with E-state index in [0.717, 1.165) is 29.8 Å². The van der Waals surface area contributed by atoms with Crippen molar-refractivity contribution < 1.29 is 19.1 Å². The number of aliphatic imine (C=N–C) groups is 1. The lowest BCUT2D eigenvalue weighted by Gasteiger charge is -2.42. The predicted molar refractivity (Wildman–Crippen MR) is 99.8 cm³/mol. The van der Waals surface area contributed by atoms with Gasteiger partial charge in [0, 0.05) is 18.1 Å². The second-order valence-electron chi connectivity index (χ2n) is 8.59. The Morgan fingerprint density at radius 2 is 2.04 bits per heavy atom. The minimum atomic E-state index is -0.369. The van der Waals surface area contributed by atoms with Crippen LogP contribution in [0.5, 0.6) is 0 Å². The summed E-state index contributed by atoms with van der Waals surface area (Å²) >= 11 is 0. The van der Waals surface area contributed by atoms with E-state index in [1.54, 1.807) is 0 Å². The molecule has 3 rings (SSSR count). The monoisotopic (exact) mass is 359 g/mol. The molecule has 0 bridgehead atoms. The summed E-state index contributed by atoms with van der Waals surface area (Å²) in [7, 11) is 1.40. The number of fused-ring (bicyclic) bond motifs is 1. The normalized spacial score (nSPS) is 28.5. The van der Waals surface area contributed by atoms with Gasteiger partial charge in [-0.2, -0.15) is 0 Å². The summed E-state index contributed by atoms with van der Waals surface area (Å²) in [6, 6.07) is 0. The van der Waals surface area contributed by atoms with Crippen LogP contribution in [0.1, 0.15) is 47.0 Å². The highest BCUT2D eigenvalue weighted by Crippen LogP contribution is 2.47. The summed E-state index contributed by atoms with van der Waals surface area (Å²) in [5.74, 6) is -0.711. The number of hydrogen-bond donors (Lipinski definition) is 0. The number of esters is 1. The van der Waals surface area contributed by atoms with Crippen molar-refractivity contribution in [1.82, 2.24) is 0 Å². The molecule has 5 heteroatoms. The van der Waals surface area contributed by atoms with Crippen LogP contribution < -0.4 is 0 Å². The number of rotatable bonds is 3. The Bertz CT molecular complexity index is 712. The van der Waals surface area contributed by atoms with E-state index >= 15 is 0 Å². The molecule has 1 aliphatic carbocycles. The zero-order chi connectivity index (χ0) is 19.1. The maximum Gasteiger partial charge on any atom is 0.336 e. The van der Waals surface area contributed by atoms with Crippen LogP contribution in [0.15, 0.2) is 27.9 Å². The average molecular weight is 359 g/mol. The molecular weight excluding hydrogens is 330 g/mol. The van der Waals surface area contributed by atoms with Gasteiger partial charge in [0.05, 0.1) is 37.5 Å². The summed E-state index contributed by atoms with van der Waals surface area (Å²) < 4.78 is 10.6.